The molecule has 9 heteroatoms. The third-order valence-electron chi connectivity index (χ3n) is 4.25. The molecule has 0 aliphatic carbocycles. The zero-order chi connectivity index (χ0) is 18.8. The predicted octanol–water partition coefficient (Wildman–Crippen LogP) is 3.04. The van der Waals surface area contributed by atoms with Crippen LogP contribution in [0.3, 0.4) is 0 Å². The van der Waals surface area contributed by atoms with Crippen molar-refractivity contribution in [3.63, 3.8) is 0 Å². The number of aryl methyl sites for hydroxylation is 1. The number of carbonyl (C=O) groups is 1. The van der Waals surface area contributed by atoms with E-state index in [4.69, 9.17) is 4.74 Å². The molecule has 27 heavy (non-hydrogen) atoms. The summed E-state index contributed by atoms with van der Waals surface area (Å²) in [5.41, 5.74) is 1.12. The van der Waals surface area contributed by atoms with E-state index >= 15 is 0 Å². The van der Waals surface area contributed by atoms with Gasteiger partial charge in [0.2, 0.25) is 0 Å². The molecule has 154 valence electrons. The van der Waals surface area contributed by atoms with Gasteiger partial charge in [-0.2, -0.15) is 0 Å². The van der Waals surface area contributed by atoms with Gasteiger partial charge in [-0.3, -0.25) is 4.99 Å². The number of aliphatic imine (C=N–C) groups is 1. The number of aromatic nitrogens is 1. The molecule has 1 saturated heterocycles. The van der Waals surface area contributed by atoms with Crippen LogP contribution in [0.1, 0.15) is 44.3 Å². The van der Waals surface area contributed by atoms with Gasteiger partial charge in [-0.15, -0.1) is 35.3 Å². The first-order valence-corrected chi connectivity index (χ1v) is 10.4. The van der Waals surface area contributed by atoms with E-state index in [9.17, 15) is 4.79 Å². The van der Waals surface area contributed by atoms with Crippen molar-refractivity contribution in [3.8, 4) is 0 Å². The number of amides is 1. The van der Waals surface area contributed by atoms with E-state index < -0.39 is 0 Å². The number of nitrogens with zero attached hydrogens (tertiary/aromatic N) is 3. The van der Waals surface area contributed by atoms with Gasteiger partial charge in [0.1, 0.15) is 0 Å². The maximum atomic E-state index is 11.8. The monoisotopic (exact) mass is 509 g/mol. The van der Waals surface area contributed by atoms with Gasteiger partial charge >= 0.3 is 6.09 Å². The van der Waals surface area contributed by atoms with Crippen molar-refractivity contribution in [2.45, 2.75) is 52.5 Å². The fourth-order valence-corrected chi connectivity index (χ4v) is 3.62. The van der Waals surface area contributed by atoms with Crippen LogP contribution in [0.2, 0.25) is 0 Å². The van der Waals surface area contributed by atoms with Crippen LogP contribution >= 0.6 is 35.3 Å². The van der Waals surface area contributed by atoms with Gasteiger partial charge in [0, 0.05) is 44.0 Å². The van der Waals surface area contributed by atoms with Crippen LogP contribution in [0.5, 0.6) is 0 Å². The van der Waals surface area contributed by atoms with Crippen molar-refractivity contribution in [2.75, 3.05) is 32.8 Å². The number of hydrogen-bond acceptors (Lipinski definition) is 5. The summed E-state index contributed by atoms with van der Waals surface area (Å²) < 4.78 is 5.07. The number of piperidine rings is 1. The lowest BCUT2D eigenvalue weighted by Crippen LogP contribution is -2.50. The lowest BCUT2D eigenvalue weighted by Gasteiger charge is -2.32. The first-order valence-electron chi connectivity index (χ1n) is 9.56. The minimum absolute atomic E-state index is 0. The van der Waals surface area contributed by atoms with Crippen molar-refractivity contribution in [1.29, 1.82) is 0 Å². The molecular weight excluding hydrogens is 477 g/mol. The van der Waals surface area contributed by atoms with E-state index in [1.165, 1.54) is 5.01 Å². The highest BCUT2D eigenvalue weighted by atomic mass is 127. The van der Waals surface area contributed by atoms with E-state index in [-0.39, 0.29) is 30.1 Å². The summed E-state index contributed by atoms with van der Waals surface area (Å²) in [6.07, 6.45) is 3.43. The standard InChI is InChI=1S/C18H31N5O2S.HI/c1-4-16-21-15(13-26-16)7-10-20-17(19-5-2)22-14-8-11-23(12-9-14)18(24)25-6-3;/h13-14H,4-12H2,1-3H3,(H2,19,20,22);1H. The van der Waals surface area contributed by atoms with Crippen molar-refractivity contribution in [3.05, 3.63) is 16.1 Å². The minimum Gasteiger partial charge on any atom is -0.450 e. The lowest BCUT2D eigenvalue weighted by atomic mass is 10.1. The molecule has 1 amide bonds. The molecule has 1 fully saturated rings. The molecule has 1 aliphatic heterocycles. The van der Waals surface area contributed by atoms with E-state index in [0.717, 1.165) is 43.9 Å². The molecule has 2 heterocycles. The van der Waals surface area contributed by atoms with E-state index in [2.05, 4.69) is 39.8 Å². The topological polar surface area (TPSA) is 78.9 Å². The Morgan fingerprint density at radius 2 is 2.11 bits per heavy atom. The molecule has 1 aliphatic rings. The zero-order valence-electron chi connectivity index (χ0n) is 16.5. The van der Waals surface area contributed by atoms with E-state index in [1.807, 2.05) is 6.92 Å². The van der Waals surface area contributed by atoms with Crippen LogP contribution in [-0.4, -0.2) is 60.8 Å². The number of guanidine groups is 1. The zero-order valence-corrected chi connectivity index (χ0v) is 19.6. The fraction of sp³-hybridized carbons (Fsp3) is 0.722. The quantitative estimate of drug-likeness (QED) is 0.336. The summed E-state index contributed by atoms with van der Waals surface area (Å²) in [5, 5.41) is 10.1. The molecule has 1 aromatic rings. The van der Waals surface area contributed by atoms with Gasteiger partial charge in [-0.25, -0.2) is 9.78 Å². The molecule has 0 atom stereocenters. The van der Waals surface area contributed by atoms with Gasteiger partial charge < -0.3 is 20.3 Å². The Labute approximate surface area is 183 Å². The van der Waals surface area contributed by atoms with E-state index in [0.29, 0.717) is 32.3 Å². The normalized spacial score (nSPS) is 15.2. The Morgan fingerprint density at radius 1 is 1.37 bits per heavy atom. The summed E-state index contributed by atoms with van der Waals surface area (Å²) in [7, 11) is 0. The predicted molar refractivity (Wildman–Crippen MR) is 121 cm³/mol. The second-order valence-electron chi connectivity index (χ2n) is 6.20. The maximum Gasteiger partial charge on any atom is 0.409 e. The molecule has 1 aromatic heterocycles. The van der Waals surface area contributed by atoms with Crippen molar-refractivity contribution < 1.29 is 9.53 Å². The Kier molecular flexibility index (Phi) is 11.7. The van der Waals surface area contributed by atoms with Crippen LogP contribution in [-0.2, 0) is 17.6 Å². The molecule has 0 aromatic carbocycles. The van der Waals surface area contributed by atoms with Gasteiger partial charge in [-0.05, 0) is 33.1 Å². The molecule has 2 rings (SSSR count). The third-order valence-corrected chi connectivity index (χ3v) is 5.29. The van der Waals surface area contributed by atoms with Crippen molar-refractivity contribution in [2.24, 2.45) is 4.99 Å². The molecule has 2 N–H and O–H groups in total. The SMILES string of the molecule is CCNC(=NCCc1csc(CC)n1)NC1CCN(C(=O)OCC)CC1.I. The van der Waals surface area contributed by atoms with Crippen molar-refractivity contribution >= 4 is 47.4 Å². The highest BCUT2D eigenvalue weighted by molar-refractivity contribution is 14.0. The molecule has 0 unspecified atom stereocenters. The number of nitrogens with one attached hydrogen (secondary N) is 2. The average molecular weight is 509 g/mol. The number of carbonyl (C=O) groups excluding carboxylic acids is 1. The third kappa shape index (κ3) is 8.20. The second-order valence-corrected chi connectivity index (χ2v) is 7.14. The van der Waals surface area contributed by atoms with Gasteiger partial charge in [0.05, 0.1) is 17.3 Å². The van der Waals surface area contributed by atoms with Crippen LogP contribution < -0.4 is 10.6 Å². The summed E-state index contributed by atoms with van der Waals surface area (Å²) in [6, 6.07) is 0.324. The van der Waals surface area contributed by atoms with E-state index in [1.54, 1.807) is 16.2 Å². The smallest absolute Gasteiger partial charge is 0.409 e. The molecular formula is C18H32IN5O2S. The summed E-state index contributed by atoms with van der Waals surface area (Å²) in [6.45, 7) is 9.42. The van der Waals surface area contributed by atoms with Gasteiger partial charge in [-0.1, -0.05) is 6.92 Å². The summed E-state index contributed by atoms with van der Waals surface area (Å²) in [5.74, 6) is 0.841. The number of hydrogen-bond donors (Lipinski definition) is 2. The van der Waals surface area contributed by atoms with Crippen LogP contribution in [0, 0.1) is 0 Å². The maximum absolute atomic E-state index is 11.8. The summed E-state index contributed by atoms with van der Waals surface area (Å²) >= 11 is 1.72. The number of halogens is 1. The Hall–Kier alpha value is -1.10. The Bertz CT molecular complexity index is 588. The highest BCUT2D eigenvalue weighted by Gasteiger charge is 2.23. The molecule has 7 nitrogen and oxygen atoms in total. The summed E-state index contributed by atoms with van der Waals surface area (Å²) in [4.78, 5) is 22.8. The largest absolute Gasteiger partial charge is 0.450 e. The first-order chi connectivity index (χ1) is 12.7. The first kappa shape index (κ1) is 23.9. The minimum atomic E-state index is -0.207. The Balaban J connectivity index is 0.00000364. The van der Waals surface area contributed by atoms with Gasteiger partial charge in [0.15, 0.2) is 5.96 Å². The van der Waals surface area contributed by atoms with Gasteiger partial charge in [0.25, 0.3) is 0 Å². The van der Waals surface area contributed by atoms with Crippen molar-refractivity contribution in [1.82, 2.24) is 20.5 Å². The average Bonchev–Trinajstić information content (AvgIpc) is 3.10. The number of thiazole rings is 1. The number of ether oxygens (including phenoxy) is 1. The molecule has 0 saturated carbocycles. The van der Waals surface area contributed by atoms with Crippen LogP contribution in [0.15, 0.2) is 10.4 Å². The fourth-order valence-electron chi connectivity index (χ4n) is 2.84. The molecule has 0 radical (unpaired) electrons. The van der Waals surface area contributed by atoms with Crippen LogP contribution in [0.25, 0.3) is 0 Å². The molecule has 0 bridgehead atoms. The highest BCUT2D eigenvalue weighted by Crippen LogP contribution is 2.12. The lowest BCUT2D eigenvalue weighted by molar-refractivity contribution is 0.0963. The molecule has 0 spiro atoms. The number of likely N-dealkylation sites (tertiary alicyclic amines) is 1. The second kappa shape index (κ2) is 13.1. The number of rotatable bonds is 7. The Morgan fingerprint density at radius 3 is 2.70 bits per heavy atom. The van der Waals surface area contributed by atoms with Crippen LogP contribution in [0.4, 0.5) is 4.79 Å².